The first kappa shape index (κ1) is 18.9. The molecule has 146 valence electrons. The third-order valence-corrected chi connectivity index (χ3v) is 6.82. The van der Waals surface area contributed by atoms with Crippen LogP contribution in [0, 0.1) is 0 Å². The first-order chi connectivity index (χ1) is 13.6. The molecule has 2 heterocycles. The summed E-state index contributed by atoms with van der Waals surface area (Å²) in [4.78, 5) is 36.4. The molecule has 0 radical (unpaired) electrons. The summed E-state index contributed by atoms with van der Waals surface area (Å²) in [5.74, 6) is 0.954. The van der Waals surface area contributed by atoms with Gasteiger partial charge in [0.15, 0.2) is 0 Å². The van der Waals surface area contributed by atoms with Crippen LogP contribution in [-0.4, -0.2) is 33.9 Å². The SMILES string of the molecule is CCN(CC)C(=O)Cc1nc2sc3c(c2c(=O)[nH]1)CCC(c1ccccc1)C3. The summed E-state index contributed by atoms with van der Waals surface area (Å²) in [5.41, 5.74) is 2.41. The van der Waals surface area contributed by atoms with Crippen LogP contribution in [0.4, 0.5) is 0 Å². The monoisotopic (exact) mass is 395 g/mol. The Kier molecular flexibility index (Phi) is 5.31. The molecule has 4 rings (SSSR count). The highest BCUT2D eigenvalue weighted by Crippen LogP contribution is 2.39. The molecule has 1 aliphatic rings. The molecule has 1 aromatic carbocycles. The summed E-state index contributed by atoms with van der Waals surface area (Å²) in [7, 11) is 0. The third kappa shape index (κ3) is 3.49. The minimum Gasteiger partial charge on any atom is -0.343 e. The van der Waals surface area contributed by atoms with E-state index in [9.17, 15) is 9.59 Å². The van der Waals surface area contributed by atoms with Crippen molar-refractivity contribution in [2.75, 3.05) is 13.1 Å². The molecule has 1 amide bonds. The number of carbonyl (C=O) groups excluding carboxylic acids is 1. The predicted molar refractivity (Wildman–Crippen MR) is 113 cm³/mol. The molecule has 0 aliphatic heterocycles. The number of nitrogens with one attached hydrogen (secondary N) is 1. The zero-order valence-corrected chi connectivity index (χ0v) is 17.1. The molecule has 5 nitrogen and oxygen atoms in total. The number of nitrogens with zero attached hydrogens (tertiary/aromatic N) is 2. The van der Waals surface area contributed by atoms with Gasteiger partial charge in [-0.25, -0.2) is 4.98 Å². The average molecular weight is 396 g/mol. The fraction of sp³-hybridized carbons (Fsp3) is 0.409. The maximum absolute atomic E-state index is 12.8. The van der Waals surface area contributed by atoms with E-state index in [1.165, 1.54) is 10.4 Å². The molecule has 2 aromatic heterocycles. The highest BCUT2D eigenvalue weighted by Gasteiger charge is 2.26. The van der Waals surface area contributed by atoms with Gasteiger partial charge in [0.2, 0.25) is 5.91 Å². The molecule has 0 saturated heterocycles. The van der Waals surface area contributed by atoms with Crippen LogP contribution < -0.4 is 5.56 Å². The Morgan fingerprint density at radius 2 is 2.00 bits per heavy atom. The minimum absolute atomic E-state index is 0.00189. The number of thiophene rings is 1. The maximum atomic E-state index is 12.8. The molecular weight excluding hydrogens is 370 g/mol. The number of hydrogen-bond acceptors (Lipinski definition) is 4. The van der Waals surface area contributed by atoms with E-state index in [0.29, 0.717) is 24.8 Å². The topological polar surface area (TPSA) is 66.1 Å². The number of benzene rings is 1. The number of carbonyl (C=O) groups is 1. The van der Waals surface area contributed by atoms with Crippen molar-refractivity contribution in [2.24, 2.45) is 0 Å². The summed E-state index contributed by atoms with van der Waals surface area (Å²) in [6.07, 6.45) is 3.04. The summed E-state index contributed by atoms with van der Waals surface area (Å²) >= 11 is 1.62. The number of aromatic amines is 1. The Morgan fingerprint density at radius 1 is 1.25 bits per heavy atom. The van der Waals surface area contributed by atoms with Gasteiger partial charge in [-0.2, -0.15) is 0 Å². The number of H-pyrrole nitrogens is 1. The van der Waals surface area contributed by atoms with E-state index in [0.717, 1.165) is 35.0 Å². The van der Waals surface area contributed by atoms with Gasteiger partial charge in [0.1, 0.15) is 10.7 Å². The van der Waals surface area contributed by atoms with Crippen LogP contribution in [0.3, 0.4) is 0 Å². The molecule has 0 bridgehead atoms. The van der Waals surface area contributed by atoms with Crippen molar-refractivity contribution in [3.63, 3.8) is 0 Å². The van der Waals surface area contributed by atoms with Crippen LogP contribution in [0.2, 0.25) is 0 Å². The van der Waals surface area contributed by atoms with Gasteiger partial charge >= 0.3 is 0 Å². The molecule has 3 aromatic rings. The molecule has 6 heteroatoms. The number of amides is 1. The van der Waals surface area contributed by atoms with E-state index in [1.54, 1.807) is 16.2 Å². The largest absolute Gasteiger partial charge is 0.343 e. The fourth-order valence-corrected chi connectivity index (χ4v) is 5.47. The van der Waals surface area contributed by atoms with E-state index in [-0.39, 0.29) is 17.9 Å². The quantitative estimate of drug-likeness (QED) is 0.717. The number of likely N-dealkylation sites (N-methyl/N-ethyl adjacent to an activating group) is 1. The Balaban J connectivity index is 1.64. The van der Waals surface area contributed by atoms with Crippen LogP contribution in [-0.2, 0) is 24.1 Å². The van der Waals surface area contributed by atoms with Gasteiger partial charge in [0.25, 0.3) is 5.56 Å². The Hall–Kier alpha value is -2.47. The van der Waals surface area contributed by atoms with E-state index < -0.39 is 0 Å². The van der Waals surface area contributed by atoms with E-state index in [2.05, 4.69) is 34.2 Å². The van der Waals surface area contributed by atoms with Crippen LogP contribution in [0.25, 0.3) is 10.2 Å². The summed E-state index contributed by atoms with van der Waals surface area (Å²) < 4.78 is 0. The lowest BCUT2D eigenvalue weighted by Gasteiger charge is -2.22. The molecule has 1 aliphatic carbocycles. The lowest BCUT2D eigenvalue weighted by molar-refractivity contribution is -0.130. The minimum atomic E-state index is -0.108. The Labute approximate surface area is 168 Å². The van der Waals surface area contributed by atoms with Gasteiger partial charge < -0.3 is 9.88 Å². The van der Waals surface area contributed by atoms with Crippen LogP contribution in [0.5, 0.6) is 0 Å². The number of aromatic nitrogens is 2. The lowest BCUT2D eigenvalue weighted by Crippen LogP contribution is -2.32. The van der Waals surface area contributed by atoms with Crippen molar-refractivity contribution < 1.29 is 4.79 Å². The van der Waals surface area contributed by atoms with Gasteiger partial charge in [0.05, 0.1) is 11.8 Å². The van der Waals surface area contributed by atoms with Gasteiger partial charge in [-0.05, 0) is 50.2 Å². The van der Waals surface area contributed by atoms with E-state index in [4.69, 9.17) is 0 Å². The number of hydrogen-bond donors (Lipinski definition) is 1. The second-order valence-electron chi connectivity index (χ2n) is 7.29. The smallest absolute Gasteiger partial charge is 0.259 e. The van der Waals surface area contributed by atoms with Crippen molar-refractivity contribution in [3.05, 3.63) is 62.5 Å². The maximum Gasteiger partial charge on any atom is 0.259 e. The van der Waals surface area contributed by atoms with Gasteiger partial charge in [-0.1, -0.05) is 30.3 Å². The third-order valence-electron chi connectivity index (χ3n) is 5.67. The van der Waals surface area contributed by atoms with Crippen molar-refractivity contribution in [1.29, 1.82) is 0 Å². The standard InChI is InChI=1S/C22H25N3O2S/c1-3-25(4-2)19(26)13-18-23-21(27)20-16-11-10-15(14-8-6-5-7-9-14)12-17(16)28-22(20)24-18/h5-9,15H,3-4,10-13H2,1-2H3,(H,23,24,27). The lowest BCUT2D eigenvalue weighted by atomic mass is 9.83. The molecule has 1 unspecified atom stereocenters. The van der Waals surface area contributed by atoms with E-state index >= 15 is 0 Å². The van der Waals surface area contributed by atoms with Crippen LogP contribution >= 0.6 is 11.3 Å². The zero-order chi connectivity index (χ0) is 19.7. The van der Waals surface area contributed by atoms with Crippen molar-refractivity contribution in [3.8, 4) is 0 Å². The van der Waals surface area contributed by atoms with Gasteiger partial charge in [-0.15, -0.1) is 11.3 Å². The predicted octanol–water partition coefficient (Wildman–Crippen LogP) is 3.67. The second kappa shape index (κ2) is 7.87. The number of rotatable bonds is 5. The van der Waals surface area contributed by atoms with Crippen molar-refractivity contribution in [2.45, 2.75) is 45.4 Å². The fourth-order valence-electron chi connectivity index (χ4n) is 4.15. The van der Waals surface area contributed by atoms with Crippen LogP contribution in [0.15, 0.2) is 35.1 Å². The zero-order valence-electron chi connectivity index (χ0n) is 16.3. The van der Waals surface area contributed by atoms with Crippen molar-refractivity contribution in [1.82, 2.24) is 14.9 Å². The van der Waals surface area contributed by atoms with E-state index in [1.807, 2.05) is 19.9 Å². The first-order valence-electron chi connectivity index (χ1n) is 9.96. The highest BCUT2D eigenvalue weighted by molar-refractivity contribution is 7.18. The number of aryl methyl sites for hydroxylation is 1. The molecule has 0 fully saturated rings. The normalized spacial score (nSPS) is 16.1. The molecule has 0 saturated carbocycles. The highest BCUT2D eigenvalue weighted by atomic mass is 32.1. The Morgan fingerprint density at radius 3 is 2.71 bits per heavy atom. The van der Waals surface area contributed by atoms with Gasteiger partial charge in [0, 0.05) is 18.0 Å². The summed E-state index contributed by atoms with van der Waals surface area (Å²) in [5, 5.41) is 0.727. The molecular formula is C22H25N3O2S. The molecule has 28 heavy (non-hydrogen) atoms. The van der Waals surface area contributed by atoms with Gasteiger partial charge in [-0.3, -0.25) is 9.59 Å². The first-order valence-corrected chi connectivity index (χ1v) is 10.8. The van der Waals surface area contributed by atoms with Crippen molar-refractivity contribution >= 4 is 27.5 Å². The molecule has 1 N–H and O–H groups in total. The Bertz CT molecular complexity index is 1050. The number of fused-ring (bicyclic) bond motifs is 3. The summed E-state index contributed by atoms with van der Waals surface area (Å²) in [6, 6.07) is 10.6. The van der Waals surface area contributed by atoms with Crippen LogP contribution in [0.1, 0.15) is 48.0 Å². The average Bonchev–Trinajstić information content (AvgIpc) is 3.07. The molecule has 0 spiro atoms. The second-order valence-corrected chi connectivity index (χ2v) is 8.37. The molecule has 1 atom stereocenters. The summed E-state index contributed by atoms with van der Waals surface area (Å²) in [6.45, 7) is 5.24.